The van der Waals surface area contributed by atoms with Crippen LogP contribution in [0.3, 0.4) is 0 Å². The number of amides is 1. The number of thiophene rings is 1. The van der Waals surface area contributed by atoms with Crippen molar-refractivity contribution in [3.05, 3.63) is 15.4 Å². The molecule has 1 amide bonds. The Balaban J connectivity index is 3.06. The number of hydrogen-bond acceptors (Lipinski definition) is 3. The number of nitrogens with zero attached hydrogens (tertiary/aromatic N) is 2. The number of anilines is 1. The third-order valence-corrected chi connectivity index (χ3v) is 4.20. The summed E-state index contributed by atoms with van der Waals surface area (Å²) in [5.41, 5.74) is 0. The van der Waals surface area contributed by atoms with Gasteiger partial charge in [-0.2, -0.15) is 5.26 Å². The second kappa shape index (κ2) is 6.18. The first-order valence-electron chi connectivity index (χ1n) is 5.52. The van der Waals surface area contributed by atoms with Crippen molar-refractivity contribution in [2.45, 2.75) is 27.2 Å². The summed E-state index contributed by atoms with van der Waals surface area (Å²) in [5.74, 6) is 0.0676. The molecule has 0 aliphatic heterocycles. The minimum atomic E-state index is -0.0343. The summed E-state index contributed by atoms with van der Waals surface area (Å²) in [5, 5.41) is 9.76. The fourth-order valence-electron chi connectivity index (χ4n) is 1.43. The normalized spacial score (nSPS) is 10.4. The number of hydrogen-bond donors (Lipinski definition) is 0. The smallest absolute Gasteiger partial charge is 0.230 e. The molecule has 17 heavy (non-hydrogen) atoms. The fraction of sp³-hybridized carbons (Fsp3) is 0.500. The van der Waals surface area contributed by atoms with E-state index in [0.717, 1.165) is 15.9 Å². The molecule has 3 nitrogen and oxygen atoms in total. The maximum absolute atomic E-state index is 12.1. The van der Waals surface area contributed by atoms with Crippen molar-refractivity contribution in [2.24, 2.45) is 5.92 Å². The molecular formula is C12H15BrN2OS. The van der Waals surface area contributed by atoms with Crippen LogP contribution in [-0.4, -0.2) is 12.5 Å². The molecule has 0 bridgehead atoms. The highest BCUT2D eigenvalue weighted by Crippen LogP contribution is 2.34. The lowest BCUT2D eigenvalue weighted by Gasteiger charge is -2.22. The molecule has 1 rings (SSSR count). The molecule has 0 saturated carbocycles. The van der Waals surface area contributed by atoms with Crippen molar-refractivity contribution in [1.82, 2.24) is 0 Å². The second-order valence-electron chi connectivity index (χ2n) is 4.02. The van der Waals surface area contributed by atoms with E-state index in [4.69, 9.17) is 5.26 Å². The minimum absolute atomic E-state index is 0.0343. The lowest BCUT2D eigenvalue weighted by molar-refractivity contribution is -0.121. The lowest BCUT2D eigenvalue weighted by atomic mass is 10.2. The van der Waals surface area contributed by atoms with Gasteiger partial charge in [0.2, 0.25) is 5.91 Å². The molecule has 0 fully saturated rings. The standard InChI is InChI=1S/C12H15BrN2OS/c1-4-5-15(12(16)8(2)3)11-6-9(13)10(7-14)17-11/h6,8H,4-5H2,1-3H3. The van der Waals surface area contributed by atoms with E-state index in [0.29, 0.717) is 11.4 Å². The van der Waals surface area contributed by atoms with Crippen molar-refractivity contribution in [3.8, 4) is 6.07 Å². The maximum Gasteiger partial charge on any atom is 0.230 e. The van der Waals surface area contributed by atoms with E-state index in [1.807, 2.05) is 26.8 Å². The summed E-state index contributed by atoms with van der Waals surface area (Å²) in [6.45, 7) is 6.50. The SMILES string of the molecule is CCCN(C(=O)C(C)C)c1cc(Br)c(C#N)s1. The first-order chi connectivity index (χ1) is 8.01. The molecule has 1 heterocycles. The molecule has 1 aromatic rings. The number of nitriles is 1. The van der Waals surface area contributed by atoms with Gasteiger partial charge in [0.05, 0.1) is 0 Å². The number of rotatable bonds is 4. The van der Waals surface area contributed by atoms with E-state index in [1.54, 1.807) is 4.90 Å². The zero-order valence-electron chi connectivity index (χ0n) is 10.2. The summed E-state index contributed by atoms with van der Waals surface area (Å²) in [6, 6.07) is 3.96. The van der Waals surface area contributed by atoms with E-state index in [2.05, 4.69) is 22.0 Å². The van der Waals surface area contributed by atoms with E-state index in [9.17, 15) is 4.79 Å². The van der Waals surface area contributed by atoms with Crippen molar-refractivity contribution in [3.63, 3.8) is 0 Å². The van der Waals surface area contributed by atoms with Crippen LogP contribution >= 0.6 is 27.3 Å². The molecule has 0 unspecified atom stereocenters. The number of carbonyl (C=O) groups is 1. The third kappa shape index (κ3) is 3.30. The molecule has 0 aromatic carbocycles. The molecular weight excluding hydrogens is 300 g/mol. The Bertz CT molecular complexity index is 448. The van der Waals surface area contributed by atoms with Gasteiger partial charge in [0.15, 0.2) is 0 Å². The van der Waals surface area contributed by atoms with Crippen molar-refractivity contribution in [1.29, 1.82) is 5.26 Å². The van der Waals surface area contributed by atoms with Crippen molar-refractivity contribution < 1.29 is 4.79 Å². The Morgan fingerprint density at radius 3 is 2.71 bits per heavy atom. The van der Waals surface area contributed by atoms with Crippen molar-refractivity contribution in [2.75, 3.05) is 11.4 Å². The second-order valence-corrected chi connectivity index (χ2v) is 5.90. The van der Waals surface area contributed by atoms with Crippen LogP contribution in [0.4, 0.5) is 5.00 Å². The van der Waals surface area contributed by atoms with Crippen LogP contribution < -0.4 is 4.90 Å². The van der Waals surface area contributed by atoms with Gasteiger partial charge in [-0.05, 0) is 28.4 Å². The monoisotopic (exact) mass is 314 g/mol. The summed E-state index contributed by atoms with van der Waals surface area (Å²) >= 11 is 4.68. The highest BCUT2D eigenvalue weighted by Gasteiger charge is 2.21. The predicted molar refractivity (Wildman–Crippen MR) is 74.2 cm³/mol. The Morgan fingerprint density at radius 2 is 2.29 bits per heavy atom. The average Bonchev–Trinajstić information content (AvgIpc) is 2.66. The number of halogens is 1. The largest absolute Gasteiger partial charge is 0.304 e. The Labute approximate surface area is 114 Å². The predicted octanol–water partition coefficient (Wildman–Crippen LogP) is 3.78. The molecule has 0 aliphatic carbocycles. The van der Waals surface area contributed by atoms with E-state index >= 15 is 0 Å². The third-order valence-electron chi connectivity index (χ3n) is 2.25. The maximum atomic E-state index is 12.1. The molecule has 0 atom stereocenters. The first-order valence-corrected chi connectivity index (χ1v) is 7.13. The zero-order valence-corrected chi connectivity index (χ0v) is 12.6. The molecule has 92 valence electrons. The molecule has 1 aromatic heterocycles. The van der Waals surface area contributed by atoms with Gasteiger partial charge in [0.25, 0.3) is 0 Å². The van der Waals surface area contributed by atoms with Crippen LogP contribution in [-0.2, 0) is 4.79 Å². The highest BCUT2D eigenvalue weighted by atomic mass is 79.9. The van der Waals surface area contributed by atoms with Gasteiger partial charge >= 0.3 is 0 Å². The minimum Gasteiger partial charge on any atom is -0.304 e. The topological polar surface area (TPSA) is 44.1 Å². The summed E-state index contributed by atoms with van der Waals surface area (Å²) in [6.07, 6.45) is 0.899. The van der Waals surface area contributed by atoms with E-state index < -0.39 is 0 Å². The molecule has 0 aliphatic rings. The highest BCUT2D eigenvalue weighted by molar-refractivity contribution is 9.10. The summed E-state index contributed by atoms with van der Waals surface area (Å²) in [4.78, 5) is 14.5. The molecule has 5 heteroatoms. The first kappa shape index (κ1) is 14.2. The van der Waals surface area contributed by atoms with Gasteiger partial charge in [0.1, 0.15) is 15.9 Å². The van der Waals surface area contributed by atoms with Gasteiger partial charge in [0, 0.05) is 16.9 Å². The van der Waals surface area contributed by atoms with Gasteiger partial charge in [-0.1, -0.05) is 20.8 Å². The van der Waals surface area contributed by atoms with Crippen LogP contribution in [0, 0.1) is 17.2 Å². The quantitative estimate of drug-likeness (QED) is 0.848. The molecule has 0 saturated heterocycles. The average molecular weight is 315 g/mol. The van der Waals surface area contributed by atoms with E-state index in [-0.39, 0.29) is 11.8 Å². The molecule has 0 spiro atoms. The summed E-state index contributed by atoms with van der Waals surface area (Å²) < 4.78 is 0.762. The van der Waals surface area contributed by atoms with Crippen LogP contribution in [0.2, 0.25) is 0 Å². The van der Waals surface area contributed by atoms with Gasteiger partial charge < -0.3 is 4.90 Å². The fourth-order valence-corrected chi connectivity index (χ4v) is 3.01. The van der Waals surface area contributed by atoms with Crippen LogP contribution in [0.5, 0.6) is 0 Å². The van der Waals surface area contributed by atoms with Gasteiger partial charge in [-0.3, -0.25) is 4.79 Å². The van der Waals surface area contributed by atoms with Crippen LogP contribution in [0.15, 0.2) is 10.5 Å². The van der Waals surface area contributed by atoms with E-state index in [1.165, 1.54) is 11.3 Å². The Kier molecular flexibility index (Phi) is 5.16. The molecule has 0 radical (unpaired) electrons. The van der Waals surface area contributed by atoms with Crippen LogP contribution in [0.25, 0.3) is 0 Å². The summed E-state index contributed by atoms with van der Waals surface area (Å²) in [7, 11) is 0. The molecule has 0 N–H and O–H groups in total. The number of carbonyl (C=O) groups excluding carboxylic acids is 1. The van der Waals surface area contributed by atoms with Gasteiger partial charge in [-0.25, -0.2) is 0 Å². The van der Waals surface area contributed by atoms with Crippen LogP contribution in [0.1, 0.15) is 32.1 Å². The Hall–Kier alpha value is -0.860. The van der Waals surface area contributed by atoms with Crippen molar-refractivity contribution >= 4 is 38.2 Å². The zero-order chi connectivity index (χ0) is 13.0. The van der Waals surface area contributed by atoms with Gasteiger partial charge in [-0.15, -0.1) is 11.3 Å². The Morgan fingerprint density at radius 1 is 1.65 bits per heavy atom. The lowest BCUT2D eigenvalue weighted by Crippen LogP contribution is -2.34.